The van der Waals surface area contributed by atoms with E-state index >= 15 is 0 Å². The number of rotatable bonds is 4. The predicted molar refractivity (Wildman–Crippen MR) is 61.4 cm³/mol. The molecule has 0 unspecified atom stereocenters. The number of carbonyl (C=O) groups is 2. The number of nitrogens with zero attached hydrogens (tertiary/aromatic N) is 1. The lowest BCUT2D eigenvalue weighted by atomic mass is 10.2. The molecule has 0 aliphatic rings. The number of carboxylic acid groups (broad SMARTS) is 1. The van der Waals surface area contributed by atoms with Crippen LogP contribution in [0.4, 0.5) is 4.79 Å². The average molecular weight is 256 g/mol. The van der Waals surface area contributed by atoms with Gasteiger partial charge in [0.1, 0.15) is 11.9 Å². The maximum atomic E-state index is 11.3. The van der Waals surface area contributed by atoms with E-state index in [4.69, 9.17) is 14.3 Å². The Morgan fingerprint density at radius 2 is 2.17 bits per heavy atom. The zero-order valence-corrected chi connectivity index (χ0v) is 10.5. The first-order chi connectivity index (χ1) is 8.28. The van der Waals surface area contributed by atoms with Crippen molar-refractivity contribution in [3.05, 3.63) is 17.8 Å². The van der Waals surface area contributed by atoms with E-state index in [9.17, 15) is 9.59 Å². The molecule has 7 nitrogen and oxygen atoms in total. The lowest BCUT2D eigenvalue weighted by Crippen LogP contribution is -2.33. The summed E-state index contributed by atoms with van der Waals surface area (Å²) in [6.07, 6.45) is 0.824. The molecule has 100 valence electrons. The number of oxazole rings is 1. The van der Waals surface area contributed by atoms with E-state index < -0.39 is 17.7 Å². The van der Waals surface area contributed by atoms with Crippen molar-refractivity contribution in [1.82, 2.24) is 10.3 Å². The highest BCUT2D eigenvalue weighted by Crippen LogP contribution is 2.06. The molecule has 0 spiro atoms. The highest BCUT2D eigenvalue weighted by Gasteiger charge is 2.16. The molecule has 0 saturated heterocycles. The summed E-state index contributed by atoms with van der Waals surface area (Å²) in [5, 5.41) is 11.1. The van der Waals surface area contributed by atoms with Crippen LogP contribution in [0.3, 0.4) is 0 Å². The second kappa shape index (κ2) is 5.52. The summed E-state index contributed by atoms with van der Waals surface area (Å²) >= 11 is 0. The molecule has 1 rings (SSSR count). The van der Waals surface area contributed by atoms with Gasteiger partial charge >= 0.3 is 12.1 Å². The molecule has 0 aliphatic heterocycles. The van der Waals surface area contributed by atoms with Gasteiger partial charge in [0, 0.05) is 13.0 Å². The lowest BCUT2D eigenvalue weighted by molar-refractivity contribution is 0.0527. The van der Waals surface area contributed by atoms with Crippen molar-refractivity contribution in [3.8, 4) is 0 Å². The Morgan fingerprint density at radius 1 is 1.50 bits per heavy atom. The van der Waals surface area contributed by atoms with E-state index in [1.165, 1.54) is 0 Å². The molecule has 0 aromatic carbocycles. The zero-order chi connectivity index (χ0) is 13.8. The Hall–Kier alpha value is -2.05. The molecule has 0 radical (unpaired) electrons. The van der Waals surface area contributed by atoms with Crippen molar-refractivity contribution in [2.75, 3.05) is 6.54 Å². The molecule has 0 atom stereocenters. The maximum Gasteiger partial charge on any atom is 0.407 e. The fourth-order valence-corrected chi connectivity index (χ4v) is 1.11. The summed E-state index contributed by atoms with van der Waals surface area (Å²) in [4.78, 5) is 25.5. The third-order valence-corrected chi connectivity index (χ3v) is 1.78. The normalized spacial score (nSPS) is 11.1. The highest BCUT2D eigenvalue weighted by atomic mass is 16.6. The number of aromatic nitrogens is 1. The van der Waals surface area contributed by atoms with E-state index in [1.807, 2.05) is 0 Å². The fraction of sp³-hybridized carbons (Fsp3) is 0.545. The first-order valence-corrected chi connectivity index (χ1v) is 5.42. The Balaban J connectivity index is 2.33. The van der Waals surface area contributed by atoms with Crippen LogP contribution < -0.4 is 5.32 Å². The molecule has 1 aromatic heterocycles. The molecule has 1 heterocycles. The molecule has 0 aliphatic carbocycles. The smallest absolute Gasteiger partial charge is 0.407 e. The average Bonchev–Trinajstić information content (AvgIpc) is 2.63. The van der Waals surface area contributed by atoms with Crippen LogP contribution in [0.15, 0.2) is 10.7 Å². The van der Waals surface area contributed by atoms with E-state index in [1.54, 1.807) is 20.8 Å². The first kappa shape index (κ1) is 14.0. The van der Waals surface area contributed by atoms with Crippen LogP contribution in [0.25, 0.3) is 0 Å². The first-order valence-electron chi connectivity index (χ1n) is 5.42. The molecule has 1 amide bonds. The van der Waals surface area contributed by atoms with Crippen LogP contribution in [0, 0.1) is 0 Å². The van der Waals surface area contributed by atoms with Crippen molar-refractivity contribution in [2.24, 2.45) is 0 Å². The summed E-state index contributed by atoms with van der Waals surface area (Å²) in [5.74, 6) is -0.895. The number of alkyl carbamates (subject to hydrolysis) is 1. The number of ether oxygens (including phenoxy) is 1. The van der Waals surface area contributed by atoms with Crippen molar-refractivity contribution in [1.29, 1.82) is 0 Å². The van der Waals surface area contributed by atoms with E-state index in [-0.39, 0.29) is 18.1 Å². The van der Waals surface area contributed by atoms with E-state index in [2.05, 4.69) is 10.3 Å². The second-order valence-corrected chi connectivity index (χ2v) is 4.61. The molecule has 7 heteroatoms. The van der Waals surface area contributed by atoms with Gasteiger partial charge < -0.3 is 19.6 Å². The number of hydrogen-bond acceptors (Lipinski definition) is 5. The molecule has 2 N–H and O–H groups in total. The molecular weight excluding hydrogens is 240 g/mol. The minimum Gasteiger partial charge on any atom is -0.476 e. The largest absolute Gasteiger partial charge is 0.476 e. The minimum atomic E-state index is -1.15. The van der Waals surface area contributed by atoms with Crippen LogP contribution in [0.1, 0.15) is 37.2 Å². The number of nitrogens with one attached hydrogen (secondary N) is 1. The van der Waals surface area contributed by atoms with Crippen LogP contribution in [-0.2, 0) is 11.2 Å². The standard InChI is InChI=1S/C11H16N2O5/c1-11(2,3)18-10(16)12-5-4-8-13-7(6-17-8)9(14)15/h6H,4-5H2,1-3H3,(H,12,16)(H,14,15). The summed E-state index contributed by atoms with van der Waals surface area (Å²) in [7, 11) is 0. The van der Waals surface area contributed by atoms with Gasteiger partial charge in [-0.25, -0.2) is 14.6 Å². The molecule has 1 aromatic rings. The second-order valence-electron chi connectivity index (χ2n) is 4.61. The van der Waals surface area contributed by atoms with Crippen molar-refractivity contribution in [2.45, 2.75) is 32.8 Å². The third-order valence-electron chi connectivity index (χ3n) is 1.78. The summed E-state index contributed by atoms with van der Waals surface area (Å²) < 4.78 is 9.95. The molecule has 0 bridgehead atoms. The highest BCUT2D eigenvalue weighted by molar-refractivity contribution is 5.84. The van der Waals surface area contributed by atoms with Gasteiger partial charge in [0.2, 0.25) is 0 Å². The van der Waals surface area contributed by atoms with Gasteiger partial charge in [-0.05, 0) is 20.8 Å². The molecule has 18 heavy (non-hydrogen) atoms. The van der Waals surface area contributed by atoms with Crippen molar-refractivity contribution < 1.29 is 23.8 Å². The molecule has 0 saturated carbocycles. The van der Waals surface area contributed by atoms with Crippen LogP contribution >= 0.6 is 0 Å². The van der Waals surface area contributed by atoms with Gasteiger partial charge in [-0.2, -0.15) is 0 Å². The Labute approximate surface area is 104 Å². The van der Waals surface area contributed by atoms with Crippen molar-refractivity contribution >= 4 is 12.1 Å². The quantitative estimate of drug-likeness (QED) is 0.845. The Bertz CT molecular complexity index is 433. The number of aromatic carboxylic acids is 1. The van der Waals surface area contributed by atoms with E-state index in [0.29, 0.717) is 6.42 Å². The number of carbonyl (C=O) groups excluding carboxylic acids is 1. The molecular formula is C11H16N2O5. The summed E-state index contributed by atoms with van der Waals surface area (Å²) in [5.41, 5.74) is -0.703. The third kappa shape index (κ3) is 4.86. The lowest BCUT2D eigenvalue weighted by Gasteiger charge is -2.19. The summed E-state index contributed by atoms with van der Waals surface area (Å²) in [6.45, 7) is 5.55. The van der Waals surface area contributed by atoms with Crippen LogP contribution in [0.2, 0.25) is 0 Å². The maximum absolute atomic E-state index is 11.3. The minimum absolute atomic E-state index is 0.151. The Kier molecular flexibility index (Phi) is 4.30. The van der Waals surface area contributed by atoms with Crippen LogP contribution in [0.5, 0.6) is 0 Å². The summed E-state index contributed by atoms with van der Waals surface area (Å²) in [6, 6.07) is 0. The topological polar surface area (TPSA) is 102 Å². The monoisotopic (exact) mass is 256 g/mol. The van der Waals surface area contributed by atoms with Crippen LogP contribution in [-0.4, -0.2) is 34.3 Å². The van der Waals surface area contributed by atoms with E-state index in [0.717, 1.165) is 6.26 Å². The predicted octanol–water partition coefficient (Wildman–Crippen LogP) is 1.44. The van der Waals surface area contributed by atoms with Gasteiger partial charge in [0.05, 0.1) is 0 Å². The number of carboxylic acids is 1. The SMILES string of the molecule is CC(C)(C)OC(=O)NCCc1nc(C(=O)O)co1. The van der Waals surface area contributed by atoms with Crippen molar-refractivity contribution in [3.63, 3.8) is 0 Å². The van der Waals surface area contributed by atoms with Gasteiger partial charge in [-0.1, -0.05) is 0 Å². The van der Waals surface area contributed by atoms with Gasteiger partial charge in [0.15, 0.2) is 11.6 Å². The Morgan fingerprint density at radius 3 is 2.67 bits per heavy atom. The van der Waals surface area contributed by atoms with Gasteiger partial charge in [0.25, 0.3) is 0 Å². The fourth-order valence-electron chi connectivity index (χ4n) is 1.11. The number of hydrogen-bond donors (Lipinski definition) is 2. The molecule has 0 fully saturated rings. The zero-order valence-electron chi connectivity index (χ0n) is 10.5. The van der Waals surface area contributed by atoms with Gasteiger partial charge in [-0.3, -0.25) is 0 Å². The van der Waals surface area contributed by atoms with Gasteiger partial charge in [-0.15, -0.1) is 0 Å². The number of amides is 1.